The van der Waals surface area contributed by atoms with Crippen molar-refractivity contribution in [2.24, 2.45) is 7.05 Å². The summed E-state index contributed by atoms with van der Waals surface area (Å²) in [7, 11) is 1.74. The second-order valence-electron chi connectivity index (χ2n) is 8.39. The van der Waals surface area contributed by atoms with E-state index in [1.807, 2.05) is 0 Å². The van der Waals surface area contributed by atoms with Crippen LogP contribution in [0.4, 0.5) is 13.2 Å². The summed E-state index contributed by atoms with van der Waals surface area (Å²) in [5.41, 5.74) is 2.43. The fourth-order valence-electron chi connectivity index (χ4n) is 4.48. The van der Waals surface area contributed by atoms with Crippen molar-refractivity contribution in [3.05, 3.63) is 71.6 Å². The highest BCUT2D eigenvalue weighted by atomic mass is 19.2. The van der Waals surface area contributed by atoms with Gasteiger partial charge in [0.2, 0.25) is 0 Å². The molecule has 2 aromatic carbocycles. The van der Waals surface area contributed by atoms with Crippen LogP contribution in [0.25, 0.3) is 22.2 Å². The predicted octanol–water partition coefficient (Wildman–Crippen LogP) is 4.62. The SMILES string of the molecule is Cn1cc(-c2ccc(F)cc2)c(C(=O)N2CCCCC2Cc2nc3cc(F)c(F)cc3[nH]2)n1. The molecule has 0 radical (unpaired) electrons. The van der Waals surface area contributed by atoms with Gasteiger partial charge in [-0.1, -0.05) is 12.1 Å². The Hall–Kier alpha value is -3.62. The van der Waals surface area contributed by atoms with Crippen molar-refractivity contribution in [1.29, 1.82) is 0 Å². The van der Waals surface area contributed by atoms with Crippen LogP contribution in [0.5, 0.6) is 0 Å². The Morgan fingerprint density at radius 2 is 1.88 bits per heavy atom. The van der Waals surface area contributed by atoms with Gasteiger partial charge in [0.05, 0.1) is 11.0 Å². The first-order valence-corrected chi connectivity index (χ1v) is 10.8. The summed E-state index contributed by atoms with van der Waals surface area (Å²) in [6.07, 6.45) is 4.80. The number of likely N-dealkylation sites (tertiary alicyclic amines) is 1. The number of amides is 1. The van der Waals surface area contributed by atoms with E-state index in [4.69, 9.17) is 0 Å². The van der Waals surface area contributed by atoms with Gasteiger partial charge in [0, 0.05) is 49.9 Å². The monoisotopic (exact) mass is 453 g/mol. The predicted molar refractivity (Wildman–Crippen MR) is 117 cm³/mol. The number of hydrogen-bond acceptors (Lipinski definition) is 3. The number of imidazole rings is 1. The van der Waals surface area contributed by atoms with Crippen LogP contribution in [0.15, 0.2) is 42.6 Å². The lowest BCUT2D eigenvalue weighted by Gasteiger charge is -2.35. The van der Waals surface area contributed by atoms with Crippen LogP contribution in [0.3, 0.4) is 0 Å². The molecule has 3 heterocycles. The smallest absolute Gasteiger partial charge is 0.275 e. The third kappa shape index (κ3) is 4.10. The van der Waals surface area contributed by atoms with E-state index in [0.717, 1.165) is 31.4 Å². The zero-order valence-corrected chi connectivity index (χ0v) is 18.0. The third-order valence-corrected chi connectivity index (χ3v) is 6.08. The van der Waals surface area contributed by atoms with E-state index in [1.54, 1.807) is 35.0 Å². The molecule has 1 saturated heterocycles. The first-order valence-electron chi connectivity index (χ1n) is 10.8. The Balaban J connectivity index is 1.43. The van der Waals surface area contributed by atoms with Gasteiger partial charge in [-0.2, -0.15) is 5.10 Å². The molecule has 0 aliphatic carbocycles. The van der Waals surface area contributed by atoms with Gasteiger partial charge >= 0.3 is 0 Å². The average molecular weight is 453 g/mol. The first-order chi connectivity index (χ1) is 15.9. The summed E-state index contributed by atoms with van der Waals surface area (Å²) in [4.78, 5) is 22.8. The van der Waals surface area contributed by atoms with Crippen LogP contribution in [0.1, 0.15) is 35.6 Å². The van der Waals surface area contributed by atoms with Crippen molar-refractivity contribution in [1.82, 2.24) is 24.6 Å². The molecule has 9 heteroatoms. The number of aromatic amines is 1. The lowest BCUT2D eigenvalue weighted by Crippen LogP contribution is -2.45. The largest absolute Gasteiger partial charge is 0.342 e. The van der Waals surface area contributed by atoms with Crippen molar-refractivity contribution in [3.8, 4) is 11.1 Å². The first kappa shape index (κ1) is 21.2. The number of fused-ring (bicyclic) bond motifs is 1. The number of aromatic nitrogens is 4. The second-order valence-corrected chi connectivity index (χ2v) is 8.39. The molecule has 4 aromatic rings. The van der Waals surface area contributed by atoms with Crippen LogP contribution in [-0.2, 0) is 13.5 Å². The molecule has 1 fully saturated rings. The number of benzene rings is 2. The van der Waals surface area contributed by atoms with E-state index in [2.05, 4.69) is 15.1 Å². The summed E-state index contributed by atoms with van der Waals surface area (Å²) >= 11 is 0. The van der Waals surface area contributed by atoms with Gasteiger partial charge in [0.25, 0.3) is 5.91 Å². The number of piperidine rings is 1. The zero-order valence-electron chi connectivity index (χ0n) is 18.0. The van der Waals surface area contributed by atoms with Gasteiger partial charge in [-0.15, -0.1) is 0 Å². The highest BCUT2D eigenvalue weighted by Crippen LogP contribution is 2.28. The van der Waals surface area contributed by atoms with E-state index >= 15 is 0 Å². The number of hydrogen-bond donors (Lipinski definition) is 1. The zero-order chi connectivity index (χ0) is 23.1. The van der Waals surface area contributed by atoms with Gasteiger partial charge in [-0.3, -0.25) is 9.48 Å². The number of aryl methyl sites for hydroxylation is 1. The molecule has 1 aliphatic heterocycles. The maximum atomic E-state index is 13.6. The number of H-pyrrole nitrogens is 1. The highest BCUT2D eigenvalue weighted by molar-refractivity contribution is 5.99. The molecule has 0 saturated carbocycles. The van der Waals surface area contributed by atoms with Gasteiger partial charge in [0.15, 0.2) is 17.3 Å². The molecule has 1 atom stereocenters. The average Bonchev–Trinajstić information content (AvgIpc) is 3.37. The van der Waals surface area contributed by atoms with Gasteiger partial charge < -0.3 is 9.88 Å². The van der Waals surface area contributed by atoms with Crippen molar-refractivity contribution < 1.29 is 18.0 Å². The van der Waals surface area contributed by atoms with Crippen molar-refractivity contribution in [2.45, 2.75) is 31.7 Å². The second kappa shape index (κ2) is 8.38. The summed E-state index contributed by atoms with van der Waals surface area (Å²) in [5, 5.41) is 4.41. The molecule has 2 aromatic heterocycles. The Morgan fingerprint density at radius 1 is 1.12 bits per heavy atom. The molecule has 33 heavy (non-hydrogen) atoms. The molecule has 170 valence electrons. The van der Waals surface area contributed by atoms with E-state index in [1.165, 1.54) is 12.1 Å². The molecule has 1 aliphatic rings. The number of halogens is 3. The Labute approximate surface area is 188 Å². The topological polar surface area (TPSA) is 66.8 Å². The van der Waals surface area contributed by atoms with E-state index in [0.29, 0.717) is 46.6 Å². The number of nitrogens with zero attached hydrogens (tertiary/aromatic N) is 4. The normalized spacial score (nSPS) is 16.5. The molecule has 1 N–H and O–H groups in total. The summed E-state index contributed by atoms with van der Waals surface area (Å²) in [6.45, 7) is 0.576. The Morgan fingerprint density at radius 3 is 2.67 bits per heavy atom. The summed E-state index contributed by atoms with van der Waals surface area (Å²) < 4.78 is 42.1. The van der Waals surface area contributed by atoms with Crippen molar-refractivity contribution in [3.63, 3.8) is 0 Å². The third-order valence-electron chi connectivity index (χ3n) is 6.08. The summed E-state index contributed by atoms with van der Waals surface area (Å²) in [5.74, 6) is -1.86. The molecule has 1 unspecified atom stereocenters. The Bertz CT molecular complexity index is 1290. The minimum atomic E-state index is -0.946. The van der Waals surface area contributed by atoms with Crippen molar-refractivity contribution >= 4 is 16.9 Å². The minimum Gasteiger partial charge on any atom is -0.342 e. The fraction of sp³-hybridized carbons (Fsp3) is 0.292. The molecule has 0 spiro atoms. The molecule has 6 nitrogen and oxygen atoms in total. The summed E-state index contributed by atoms with van der Waals surface area (Å²) in [6, 6.07) is 7.99. The highest BCUT2D eigenvalue weighted by Gasteiger charge is 2.31. The van der Waals surface area contributed by atoms with Gasteiger partial charge in [-0.05, 0) is 37.0 Å². The maximum absolute atomic E-state index is 13.6. The molecular formula is C24H22F3N5O. The number of carbonyl (C=O) groups excluding carboxylic acids is 1. The lowest BCUT2D eigenvalue weighted by molar-refractivity contribution is 0.0605. The van der Waals surface area contributed by atoms with E-state index in [9.17, 15) is 18.0 Å². The van der Waals surface area contributed by atoms with Crippen molar-refractivity contribution in [2.75, 3.05) is 6.54 Å². The lowest BCUT2D eigenvalue weighted by atomic mass is 9.97. The van der Waals surface area contributed by atoms with Crippen LogP contribution >= 0.6 is 0 Å². The molecule has 1 amide bonds. The van der Waals surface area contributed by atoms with Gasteiger partial charge in [0.1, 0.15) is 11.6 Å². The number of carbonyl (C=O) groups is 1. The molecule has 5 rings (SSSR count). The molecule has 0 bridgehead atoms. The van der Waals surface area contributed by atoms with E-state index < -0.39 is 11.6 Å². The molecular weight excluding hydrogens is 431 g/mol. The van der Waals surface area contributed by atoms with Crippen LogP contribution in [0.2, 0.25) is 0 Å². The standard InChI is InChI=1S/C24H22F3N5O/c1-31-13-17(14-5-7-15(25)8-6-14)23(30-31)24(33)32-9-3-2-4-16(32)10-22-28-20-11-18(26)19(27)12-21(20)29-22/h5-8,11-13,16H,2-4,9-10H2,1H3,(H,28,29). The number of nitrogens with one attached hydrogen (secondary N) is 1. The van der Waals surface area contributed by atoms with Crippen LogP contribution in [0, 0.1) is 17.5 Å². The number of rotatable bonds is 4. The fourth-order valence-corrected chi connectivity index (χ4v) is 4.48. The quantitative estimate of drug-likeness (QED) is 0.491. The maximum Gasteiger partial charge on any atom is 0.275 e. The minimum absolute atomic E-state index is 0.135. The Kier molecular flexibility index (Phi) is 5.39. The van der Waals surface area contributed by atoms with E-state index in [-0.39, 0.29) is 17.8 Å². The van der Waals surface area contributed by atoms with Crippen LogP contribution < -0.4 is 0 Å². The van der Waals surface area contributed by atoms with Crippen LogP contribution in [-0.4, -0.2) is 43.1 Å². The van der Waals surface area contributed by atoms with Gasteiger partial charge in [-0.25, -0.2) is 18.2 Å².